The Morgan fingerprint density at radius 1 is 0.867 bits per heavy atom. The van der Waals surface area contributed by atoms with E-state index in [4.69, 9.17) is 11.6 Å². The number of halogens is 2. The molecule has 0 radical (unpaired) electrons. The number of carbonyl (C=O) groups excluding carboxylic acids is 2. The zero-order valence-electron chi connectivity index (χ0n) is 25.5. The lowest BCUT2D eigenvalue weighted by Gasteiger charge is -2.34. The first-order valence-corrected chi connectivity index (χ1v) is 17.3. The van der Waals surface area contributed by atoms with Crippen LogP contribution >= 0.6 is 27.5 Å². The van der Waals surface area contributed by atoms with E-state index in [0.717, 1.165) is 25.5 Å². The van der Waals surface area contributed by atoms with E-state index < -0.39 is 28.5 Å². The molecule has 2 atom stereocenters. The van der Waals surface area contributed by atoms with Crippen molar-refractivity contribution in [1.29, 1.82) is 0 Å². The van der Waals surface area contributed by atoms with Gasteiger partial charge in [0, 0.05) is 28.5 Å². The Labute approximate surface area is 279 Å². The van der Waals surface area contributed by atoms with Crippen molar-refractivity contribution in [2.45, 2.75) is 57.1 Å². The second kappa shape index (κ2) is 15.6. The quantitative estimate of drug-likeness (QED) is 0.160. The third kappa shape index (κ3) is 9.19. The number of hydrogen-bond donors (Lipinski definition) is 1. The highest BCUT2D eigenvalue weighted by atomic mass is 79.9. The van der Waals surface area contributed by atoms with Gasteiger partial charge in [0.25, 0.3) is 10.0 Å². The molecule has 0 heterocycles. The predicted octanol–water partition coefficient (Wildman–Crippen LogP) is 7.16. The second-order valence-corrected chi connectivity index (χ2v) is 14.2. The van der Waals surface area contributed by atoms with Gasteiger partial charge in [-0.25, -0.2) is 8.42 Å². The zero-order valence-corrected chi connectivity index (χ0v) is 28.6. The van der Waals surface area contributed by atoms with Crippen molar-refractivity contribution in [3.05, 3.63) is 129 Å². The van der Waals surface area contributed by atoms with Gasteiger partial charge >= 0.3 is 0 Å². The fraction of sp³-hybridized carbons (Fsp3) is 0.257. The van der Waals surface area contributed by atoms with E-state index >= 15 is 0 Å². The normalized spacial score (nSPS) is 12.6. The van der Waals surface area contributed by atoms with E-state index in [1.54, 1.807) is 24.3 Å². The van der Waals surface area contributed by atoms with Crippen LogP contribution in [0.5, 0.6) is 0 Å². The molecule has 0 unspecified atom stereocenters. The zero-order chi connectivity index (χ0) is 32.6. The summed E-state index contributed by atoms with van der Waals surface area (Å²) in [6.07, 6.45) is 0.963. The van der Waals surface area contributed by atoms with Crippen LogP contribution in [0.1, 0.15) is 37.0 Å². The molecule has 4 aromatic rings. The minimum Gasteiger partial charge on any atom is -0.352 e. The van der Waals surface area contributed by atoms with E-state index in [1.807, 2.05) is 75.4 Å². The minimum atomic E-state index is -4.20. The van der Waals surface area contributed by atoms with Crippen molar-refractivity contribution in [2.24, 2.45) is 0 Å². The van der Waals surface area contributed by atoms with Gasteiger partial charge in [0.05, 0.1) is 10.6 Å². The minimum absolute atomic E-state index is 0.00455. The number of aryl methyl sites for hydroxylation is 1. The molecule has 236 valence electrons. The van der Waals surface area contributed by atoms with Crippen molar-refractivity contribution in [3.8, 4) is 0 Å². The summed E-state index contributed by atoms with van der Waals surface area (Å²) < 4.78 is 30.1. The third-order valence-electron chi connectivity index (χ3n) is 7.54. The lowest BCUT2D eigenvalue weighted by atomic mass is 10.0. The molecule has 0 aliphatic heterocycles. The number of anilines is 1. The number of rotatable bonds is 13. The molecule has 1 N–H and O–H groups in total. The van der Waals surface area contributed by atoms with Crippen LogP contribution in [0, 0.1) is 6.92 Å². The fourth-order valence-corrected chi connectivity index (χ4v) is 6.56. The topological polar surface area (TPSA) is 86.8 Å². The van der Waals surface area contributed by atoms with Crippen molar-refractivity contribution in [1.82, 2.24) is 10.2 Å². The van der Waals surface area contributed by atoms with E-state index in [2.05, 4.69) is 21.2 Å². The number of hydrogen-bond acceptors (Lipinski definition) is 4. The largest absolute Gasteiger partial charge is 0.352 e. The Balaban J connectivity index is 1.80. The fourth-order valence-electron chi connectivity index (χ4n) is 4.76. The maximum Gasteiger partial charge on any atom is 0.264 e. The standard InChI is InChI=1S/C35H37BrClN3O4S/c1-4-26(3)38-35(42)33(22-27-8-6-5-7-9-27)39(23-28-12-14-29(36)15-13-28)34(41)24-40(31-18-10-25(2)11-19-31)45(43,44)32-20-16-30(37)17-21-32/h5-21,26,33H,4,22-24H2,1-3H3,(H,38,42)/t26-,33+/m0/s1. The summed E-state index contributed by atoms with van der Waals surface area (Å²) in [7, 11) is -4.20. The van der Waals surface area contributed by atoms with Gasteiger partial charge in [-0.05, 0) is 79.9 Å². The van der Waals surface area contributed by atoms with Crippen LogP contribution in [0.15, 0.2) is 112 Å². The highest BCUT2D eigenvalue weighted by Crippen LogP contribution is 2.26. The van der Waals surface area contributed by atoms with Gasteiger partial charge in [-0.3, -0.25) is 13.9 Å². The molecule has 4 aromatic carbocycles. The Hall–Kier alpha value is -3.66. The van der Waals surface area contributed by atoms with Crippen molar-refractivity contribution in [3.63, 3.8) is 0 Å². The van der Waals surface area contributed by atoms with Crippen LogP contribution in [-0.4, -0.2) is 43.8 Å². The van der Waals surface area contributed by atoms with Gasteiger partial charge in [-0.15, -0.1) is 0 Å². The maximum absolute atomic E-state index is 14.5. The highest BCUT2D eigenvalue weighted by molar-refractivity contribution is 9.10. The molecule has 0 saturated carbocycles. The molecular weight excluding hydrogens is 674 g/mol. The first kappa shape index (κ1) is 34.2. The van der Waals surface area contributed by atoms with Gasteiger partial charge < -0.3 is 10.2 Å². The summed E-state index contributed by atoms with van der Waals surface area (Å²) in [5.41, 5.74) is 2.94. The van der Waals surface area contributed by atoms with Gasteiger partial charge in [0.15, 0.2) is 0 Å². The molecule has 0 aromatic heterocycles. The number of benzene rings is 4. The lowest BCUT2D eigenvalue weighted by molar-refractivity contribution is -0.140. The third-order valence-corrected chi connectivity index (χ3v) is 10.1. The molecule has 0 saturated heterocycles. The second-order valence-electron chi connectivity index (χ2n) is 11.0. The van der Waals surface area contributed by atoms with Crippen LogP contribution in [0.3, 0.4) is 0 Å². The van der Waals surface area contributed by atoms with Gasteiger partial charge in [0.2, 0.25) is 11.8 Å². The Morgan fingerprint density at radius 2 is 1.49 bits per heavy atom. The molecule has 0 aliphatic rings. The summed E-state index contributed by atoms with van der Waals surface area (Å²) in [6.45, 7) is 5.36. The highest BCUT2D eigenvalue weighted by Gasteiger charge is 2.35. The van der Waals surface area contributed by atoms with Gasteiger partial charge in [-0.1, -0.05) is 94.6 Å². The van der Waals surface area contributed by atoms with Gasteiger partial charge in [0.1, 0.15) is 12.6 Å². The van der Waals surface area contributed by atoms with E-state index in [9.17, 15) is 18.0 Å². The summed E-state index contributed by atoms with van der Waals surface area (Å²) in [4.78, 5) is 29.9. The Morgan fingerprint density at radius 3 is 2.09 bits per heavy atom. The van der Waals surface area contributed by atoms with Crippen molar-refractivity contribution < 1.29 is 18.0 Å². The molecule has 45 heavy (non-hydrogen) atoms. The molecular formula is C35H37BrClN3O4S. The Kier molecular flexibility index (Phi) is 11.8. The summed E-state index contributed by atoms with van der Waals surface area (Å²) >= 11 is 9.51. The average molecular weight is 711 g/mol. The first-order chi connectivity index (χ1) is 21.5. The van der Waals surface area contributed by atoms with Crippen LogP contribution in [0.2, 0.25) is 5.02 Å². The number of sulfonamides is 1. The maximum atomic E-state index is 14.5. The molecule has 7 nitrogen and oxygen atoms in total. The van der Waals surface area contributed by atoms with E-state index in [0.29, 0.717) is 17.1 Å². The van der Waals surface area contributed by atoms with Crippen LogP contribution in [-0.2, 0) is 32.6 Å². The van der Waals surface area contributed by atoms with Gasteiger partial charge in [-0.2, -0.15) is 0 Å². The monoisotopic (exact) mass is 709 g/mol. The van der Waals surface area contributed by atoms with Crippen molar-refractivity contribution in [2.75, 3.05) is 10.8 Å². The molecule has 10 heteroatoms. The predicted molar refractivity (Wildman–Crippen MR) is 184 cm³/mol. The molecule has 2 amide bonds. The SMILES string of the molecule is CC[C@H](C)NC(=O)[C@@H](Cc1ccccc1)N(Cc1ccc(Br)cc1)C(=O)CN(c1ccc(C)cc1)S(=O)(=O)c1ccc(Cl)cc1. The average Bonchev–Trinajstić information content (AvgIpc) is 3.03. The molecule has 4 rings (SSSR count). The van der Waals surface area contributed by atoms with Crippen LogP contribution in [0.4, 0.5) is 5.69 Å². The smallest absolute Gasteiger partial charge is 0.264 e. The first-order valence-electron chi connectivity index (χ1n) is 14.7. The number of nitrogens with zero attached hydrogens (tertiary/aromatic N) is 2. The Bertz CT molecular complexity index is 1680. The number of carbonyl (C=O) groups is 2. The molecule has 0 spiro atoms. The molecule has 0 fully saturated rings. The molecule has 0 bridgehead atoms. The lowest BCUT2D eigenvalue weighted by Crippen LogP contribution is -2.54. The summed E-state index contributed by atoms with van der Waals surface area (Å²) in [6, 6.07) is 28.7. The summed E-state index contributed by atoms with van der Waals surface area (Å²) in [5, 5.41) is 3.44. The van der Waals surface area contributed by atoms with E-state index in [-0.39, 0.29) is 29.8 Å². The van der Waals surface area contributed by atoms with Crippen LogP contribution in [0.25, 0.3) is 0 Å². The number of nitrogens with one attached hydrogen (secondary N) is 1. The summed E-state index contributed by atoms with van der Waals surface area (Å²) in [5.74, 6) is -0.822. The number of amides is 2. The van der Waals surface area contributed by atoms with Crippen LogP contribution < -0.4 is 9.62 Å². The van der Waals surface area contributed by atoms with Crippen molar-refractivity contribution >= 4 is 55.1 Å². The van der Waals surface area contributed by atoms with E-state index in [1.165, 1.54) is 29.2 Å². The molecule has 0 aliphatic carbocycles.